The molecular formula is C55H34N2. The van der Waals surface area contributed by atoms with E-state index in [0.29, 0.717) is 0 Å². The predicted octanol–water partition coefficient (Wildman–Crippen LogP) is 14.4. The normalized spacial score (nSPS) is 12.5. The summed E-state index contributed by atoms with van der Waals surface area (Å²) in [7, 11) is 0. The van der Waals surface area contributed by atoms with Crippen LogP contribution < -0.4 is 0 Å². The van der Waals surface area contributed by atoms with Crippen molar-refractivity contribution in [1.29, 1.82) is 0 Å². The van der Waals surface area contributed by atoms with E-state index in [1.807, 2.05) is 0 Å². The molecule has 11 aromatic rings. The summed E-state index contributed by atoms with van der Waals surface area (Å²) in [6, 6.07) is 72.3. The number of rotatable bonds is 2. The van der Waals surface area contributed by atoms with E-state index in [0.717, 1.165) is 12.1 Å². The van der Waals surface area contributed by atoms with Gasteiger partial charge in [0.15, 0.2) is 0 Å². The summed E-state index contributed by atoms with van der Waals surface area (Å²) >= 11 is 0. The second kappa shape index (κ2) is 11.6. The molecule has 57 heavy (non-hydrogen) atoms. The number of nitrogens with zero attached hydrogens (tertiary/aromatic N) is 2. The molecule has 2 aliphatic carbocycles. The topological polar surface area (TPSA) is 9.86 Å². The van der Waals surface area contributed by atoms with E-state index in [1.54, 1.807) is 0 Å². The van der Waals surface area contributed by atoms with Gasteiger partial charge >= 0.3 is 0 Å². The Labute approximate surface area is 330 Å². The average molecular weight is 723 g/mol. The highest BCUT2D eigenvalue weighted by Gasteiger charge is 2.25. The van der Waals surface area contributed by atoms with Crippen LogP contribution in [0.15, 0.2) is 194 Å². The molecule has 0 aliphatic heterocycles. The maximum Gasteiger partial charge on any atom is 0.0548 e. The van der Waals surface area contributed by atoms with Gasteiger partial charge in [0.05, 0.1) is 22.1 Å². The fourth-order valence-corrected chi connectivity index (χ4v) is 10.3. The van der Waals surface area contributed by atoms with Crippen LogP contribution in [0.25, 0.3) is 111 Å². The Balaban J connectivity index is 1.09. The molecule has 2 heterocycles. The summed E-state index contributed by atoms with van der Waals surface area (Å²) in [5.74, 6) is 0. The van der Waals surface area contributed by atoms with Gasteiger partial charge in [-0.25, -0.2) is 0 Å². The van der Waals surface area contributed by atoms with Gasteiger partial charge in [0.25, 0.3) is 0 Å². The first-order valence-corrected chi connectivity index (χ1v) is 19.9. The quantitative estimate of drug-likeness (QED) is 0.168. The third-order valence-electron chi connectivity index (χ3n) is 12.7. The van der Waals surface area contributed by atoms with Crippen molar-refractivity contribution in [1.82, 2.24) is 9.13 Å². The first kappa shape index (κ1) is 30.9. The first-order valence-electron chi connectivity index (χ1n) is 19.9. The van der Waals surface area contributed by atoms with Gasteiger partial charge in [-0.2, -0.15) is 0 Å². The summed E-state index contributed by atoms with van der Waals surface area (Å²) < 4.78 is 4.97. The van der Waals surface area contributed by atoms with Crippen molar-refractivity contribution in [2.75, 3.05) is 0 Å². The Hall–Kier alpha value is -7.42. The van der Waals surface area contributed by atoms with Gasteiger partial charge in [-0.1, -0.05) is 146 Å². The van der Waals surface area contributed by atoms with Gasteiger partial charge in [0, 0.05) is 32.9 Å². The molecule has 0 unspecified atom stereocenters. The molecule has 0 saturated heterocycles. The van der Waals surface area contributed by atoms with Gasteiger partial charge in [-0.3, -0.25) is 0 Å². The molecule has 0 radical (unpaired) electrons. The van der Waals surface area contributed by atoms with Crippen molar-refractivity contribution in [2.24, 2.45) is 0 Å². The molecule has 2 aliphatic rings. The molecule has 0 saturated carbocycles. The van der Waals surface area contributed by atoms with Crippen LogP contribution in [-0.2, 0) is 6.42 Å². The Bertz CT molecular complexity index is 3490. The lowest BCUT2D eigenvalue weighted by molar-refractivity contribution is 1.17. The van der Waals surface area contributed by atoms with Crippen molar-refractivity contribution in [3.05, 3.63) is 205 Å². The summed E-state index contributed by atoms with van der Waals surface area (Å²) in [6.45, 7) is 0. The number of para-hydroxylation sites is 2. The van der Waals surface area contributed by atoms with Crippen LogP contribution in [0.1, 0.15) is 11.1 Å². The van der Waals surface area contributed by atoms with Crippen molar-refractivity contribution in [3.63, 3.8) is 0 Å². The summed E-state index contributed by atoms with van der Waals surface area (Å²) in [5, 5.41) is 5.11. The number of hydrogen-bond donors (Lipinski definition) is 0. The molecular weight excluding hydrogens is 689 g/mol. The molecule has 0 spiro atoms. The zero-order valence-electron chi connectivity index (χ0n) is 31.1. The predicted molar refractivity (Wildman–Crippen MR) is 239 cm³/mol. The fraction of sp³-hybridized carbons (Fsp3) is 0.0182. The van der Waals surface area contributed by atoms with Gasteiger partial charge in [0.1, 0.15) is 0 Å². The van der Waals surface area contributed by atoms with Gasteiger partial charge in [-0.15, -0.1) is 0 Å². The summed E-state index contributed by atoms with van der Waals surface area (Å²) in [4.78, 5) is 0. The number of benzene rings is 9. The molecule has 9 aromatic carbocycles. The molecule has 0 fully saturated rings. The van der Waals surface area contributed by atoms with Crippen LogP contribution in [0.5, 0.6) is 0 Å². The van der Waals surface area contributed by atoms with Gasteiger partial charge in [0.2, 0.25) is 0 Å². The van der Waals surface area contributed by atoms with E-state index in [9.17, 15) is 0 Å². The molecule has 2 aromatic heterocycles. The summed E-state index contributed by atoms with van der Waals surface area (Å²) in [6.07, 6.45) is 0.993. The van der Waals surface area contributed by atoms with E-state index in [-0.39, 0.29) is 0 Å². The molecule has 0 bridgehead atoms. The number of hydrogen-bond acceptors (Lipinski definition) is 0. The Kier molecular flexibility index (Phi) is 6.25. The lowest BCUT2D eigenvalue weighted by Gasteiger charge is -2.23. The lowest BCUT2D eigenvalue weighted by atomic mass is 9.81. The second-order valence-electron chi connectivity index (χ2n) is 15.6. The van der Waals surface area contributed by atoms with E-state index in [2.05, 4.69) is 203 Å². The Morgan fingerprint density at radius 3 is 1.19 bits per heavy atom. The minimum Gasteiger partial charge on any atom is -0.309 e. The molecule has 2 nitrogen and oxygen atoms in total. The van der Waals surface area contributed by atoms with Gasteiger partial charge in [-0.05, 0) is 122 Å². The second-order valence-corrected chi connectivity index (χ2v) is 15.6. The monoisotopic (exact) mass is 722 g/mol. The zero-order chi connectivity index (χ0) is 37.2. The van der Waals surface area contributed by atoms with Crippen LogP contribution in [0.3, 0.4) is 0 Å². The highest BCUT2D eigenvalue weighted by molar-refractivity contribution is 6.29. The van der Waals surface area contributed by atoms with Crippen molar-refractivity contribution >= 4 is 43.6 Å². The third-order valence-corrected chi connectivity index (χ3v) is 12.7. The molecule has 264 valence electrons. The average Bonchev–Trinajstić information content (AvgIpc) is 3.93. The van der Waals surface area contributed by atoms with E-state index >= 15 is 0 Å². The van der Waals surface area contributed by atoms with Crippen LogP contribution in [0, 0.1) is 0 Å². The standard InChI is InChI=1S/C55H34N2/c1-2-14-38-34(13-1)31-35-25-26-36(32-48(35)38)56-50-23-11-9-21-46(50)54-52(56)29-30-53-55(54)47-22-10-12-24-51(47)57(53)37-27-28-45-43-19-6-5-17-41(43)39-15-3-4-16-40(39)42-18-7-8-20-44(42)49(45)33-37/h1-30,32-33H,31H2. The first-order chi connectivity index (χ1) is 28.3. The van der Waals surface area contributed by atoms with E-state index in [4.69, 9.17) is 0 Å². The molecule has 13 rings (SSSR count). The molecule has 0 amide bonds. The zero-order valence-corrected chi connectivity index (χ0v) is 31.1. The van der Waals surface area contributed by atoms with Crippen molar-refractivity contribution in [2.45, 2.75) is 6.42 Å². The maximum atomic E-state index is 2.49. The highest BCUT2D eigenvalue weighted by Crippen LogP contribution is 2.49. The third kappa shape index (κ3) is 4.24. The van der Waals surface area contributed by atoms with E-state index in [1.165, 1.54) is 116 Å². The van der Waals surface area contributed by atoms with Crippen LogP contribution >= 0.6 is 0 Å². The molecule has 0 N–H and O–H groups in total. The van der Waals surface area contributed by atoms with Crippen LogP contribution in [0.2, 0.25) is 0 Å². The minimum absolute atomic E-state index is 0.993. The molecule has 2 heteroatoms. The largest absolute Gasteiger partial charge is 0.309 e. The molecule has 0 atom stereocenters. The lowest BCUT2D eigenvalue weighted by Crippen LogP contribution is -2.00. The number of fused-ring (bicyclic) bond motifs is 18. The van der Waals surface area contributed by atoms with Crippen LogP contribution in [-0.4, -0.2) is 9.13 Å². The SMILES string of the molecule is c1ccc2c(c1)Cc1ccc(-n3c4ccccc4c4c5c6ccccc6n(-c6ccc7c(c6)-c6ccccc6-c6ccccc6-c6ccccc6-7)c5ccc43)cc1-2. The number of aromatic nitrogens is 2. The maximum absolute atomic E-state index is 2.49. The fourth-order valence-electron chi connectivity index (χ4n) is 10.3. The minimum atomic E-state index is 0.993. The Morgan fingerprint density at radius 2 is 0.649 bits per heavy atom. The van der Waals surface area contributed by atoms with Crippen LogP contribution in [0.4, 0.5) is 0 Å². The smallest absolute Gasteiger partial charge is 0.0548 e. The van der Waals surface area contributed by atoms with Gasteiger partial charge < -0.3 is 9.13 Å². The van der Waals surface area contributed by atoms with E-state index < -0.39 is 0 Å². The highest BCUT2D eigenvalue weighted by atomic mass is 15.0. The Morgan fingerprint density at radius 1 is 0.263 bits per heavy atom. The van der Waals surface area contributed by atoms with Crippen molar-refractivity contribution < 1.29 is 0 Å². The summed E-state index contributed by atoms with van der Waals surface area (Å²) in [5.41, 5.74) is 22.8. The van der Waals surface area contributed by atoms with Crippen molar-refractivity contribution in [3.8, 4) is 67.0 Å².